The Bertz CT molecular complexity index is 1070. The van der Waals surface area contributed by atoms with Gasteiger partial charge >= 0.3 is 5.97 Å². The summed E-state index contributed by atoms with van der Waals surface area (Å²) in [5, 5.41) is 9.08. The van der Waals surface area contributed by atoms with Crippen molar-refractivity contribution in [3.05, 3.63) is 64.7 Å². The second-order valence-corrected chi connectivity index (χ2v) is 7.91. The molecule has 166 valence electrons. The molecule has 0 aromatic heterocycles. The maximum atomic E-state index is 13.4. The van der Waals surface area contributed by atoms with Gasteiger partial charge in [0.05, 0.1) is 35.9 Å². The lowest BCUT2D eigenvalue weighted by molar-refractivity contribution is -0.144. The molecule has 32 heavy (non-hydrogen) atoms. The maximum Gasteiger partial charge on any atom is 0.307 e. The highest BCUT2D eigenvalue weighted by Crippen LogP contribution is 2.28. The number of ether oxygens (including phenoxy) is 1. The van der Waals surface area contributed by atoms with Crippen molar-refractivity contribution in [2.75, 3.05) is 25.1 Å². The van der Waals surface area contributed by atoms with Gasteiger partial charge in [-0.05, 0) is 62.1 Å². The zero-order chi connectivity index (χ0) is 23.3. The Morgan fingerprint density at radius 3 is 2.56 bits per heavy atom. The largest absolute Gasteiger partial charge is 0.466 e. The number of nitrogens with zero attached hydrogens (tertiary/aromatic N) is 3. The van der Waals surface area contributed by atoms with Gasteiger partial charge in [0, 0.05) is 13.1 Å². The average molecular weight is 434 g/mol. The molecule has 1 heterocycles. The molecule has 0 fully saturated rings. The molecule has 7 nitrogen and oxygen atoms in total. The molecule has 0 aliphatic carbocycles. The van der Waals surface area contributed by atoms with Crippen LogP contribution in [0.25, 0.3) is 0 Å². The standard InChI is InChI=1S/C25H27N3O4/c1-4-32-24(30)12-17(2)28-16-23(29)27(3)22-11-10-19(14-21(22)25(28)31)9-8-18-6-5-7-20(13-18)15-26/h5-7,10-11,13-14,17H,4,8-9,12,16H2,1-3H3. The summed E-state index contributed by atoms with van der Waals surface area (Å²) < 4.78 is 5.00. The van der Waals surface area contributed by atoms with Crippen molar-refractivity contribution >= 4 is 23.5 Å². The van der Waals surface area contributed by atoms with Crippen LogP contribution in [0.2, 0.25) is 0 Å². The molecule has 0 spiro atoms. The molecule has 0 radical (unpaired) electrons. The third-order valence-corrected chi connectivity index (χ3v) is 5.65. The van der Waals surface area contributed by atoms with Crippen LogP contribution in [0.5, 0.6) is 0 Å². The summed E-state index contributed by atoms with van der Waals surface area (Å²) in [5.74, 6) is -0.886. The van der Waals surface area contributed by atoms with Gasteiger partial charge in [0.25, 0.3) is 5.91 Å². The molecule has 1 aliphatic heterocycles. The van der Waals surface area contributed by atoms with Gasteiger partial charge in [-0.15, -0.1) is 0 Å². The molecule has 0 saturated carbocycles. The van der Waals surface area contributed by atoms with Crippen LogP contribution in [0.15, 0.2) is 42.5 Å². The minimum atomic E-state index is -0.470. The normalized spacial score (nSPS) is 14.4. The van der Waals surface area contributed by atoms with E-state index in [4.69, 9.17) is 10.00 Å². The van der Waals surface area contributed by atoms with Crippen molar-refractivity contribution < 1.29 is 19.1 Å². The SMILES string of the molecule is CCOC(=O)CC(C)N1CC(=O)N(C)c2ccc(CCc3cccc(C#N)c3)cc2C1=O. The summed E-state index contributed by atoms with van der Waals surface area (Å²) in [5.41, 5.74) is 3.62. The van der Waals surface area contributed by atoms with Crippen molar-refractivity contribution in [1.82, 2.24) is 4.90 Å². The van der Waals surface area contributed by atoms with Gasteiger partial charge < -0.3 is 14.5 Å². The van der Waals surface area contributed by atoms with Crippen LogP contribution in [0.3, 0.4) is 0 Å². The number of nitriles is 1. The molecular weight excluding hydrogens is 406 g/mol. The van der Waals surface area contributed by atoms with Crippen molar-refractivity contribution in [2.24, 2.45) is 0 Å². The number of carbonyl (C=O) groups is 3. The summed E-state index contributed by atoms with van der Waals surface area (Å²) >= 11 is 0. The monoisotopic (exact) mass is 433 g/mol. The zero-order valence-corrected chi connectivity index (χ0v) is 18.6. The molecule has 1 atom stereocenters. The summed E-state index contributed by atoms with van der Waals surface area (Å²) in [6.07, 6.45) is 1.44. The minimum absolute atomic E-state index is 0.0286. The Balaban J connectivity index is 1.84. The van der Waals surface area contributed by atoms with E-state index in [-0.39, 0.29) is 31.4 Å². The second kappa shape index (κ2) is 10.1. The first-order chi connectivity index (χ1) is 15.3. The van der Waals surface area contributed by atoms with E-state index in [1.165, 1.54) is 9.80 Å². The first-order valence-electron chi connectivity index (χ1n) is 10.7. The van der Waals surface area contributed by atoms with Gasteiger partial charge in [0.2, 0.25) is 5.91 Å². The molecule has 1 aliphatic rings. The van der Waals surface area contributed by atoms with Crippen molar-refractivity contribution in [2.45, 2.75) is 39.2 Å². The third-order valence-electron chi connectivity index (χ3n) is 5.65. The van der Waals surface area contributed by atoms with E-state index in [0.717, 1.165) is 17.5 Å². The van der Waals surface area contributed by atoms with E-state index in [9.17, 15) is 14.4 Å². The number of rotatable bonds is 7. The Morgan fingerprint density at radius 1 is 1.16 bits per heavy atom. The smallest absolute Gasteiger partial charge is 0.307 e. The number of benzene rings is 2. The summed E-state index contributed by atoms with van der Waals surface area (Å²) in [6, 6.07) is 14.7. The Kier molecular flexibility index (Phi) is 7.26. The van der Waals surface area contributed by atoms with E-state index in [2.05, 4.69) is 6.07 Å². The van der Waals surface area contributed by atoms with Crippen molar-refractivity contribution in [3.63, 3.8) is 0 Å². The average Bonchev–Trinajstić information content (AvgIpc) is 2.88. The van der Waals surface area contributed by atoms with E-state index in [0.29, 0.717) is 23.2 Å². The lowest BCUT2D eigenvalue weighted by atomic mass is 9.99. The summed E-state index contributed by atoms with van der Waals surface area (Å²) in [7, 11) is 1.65. The lowest BCUT2D eigenvalue weighted by Crippen LogP contribution is -2.44. The second-order valence-electron chi connectivity index (χ2n) is 7.91. The maximum absolute atomic E-state index is 13.4. The van der Waals surface area contributed by atoms with Crippen LogP contribution >= 0.6 is 0 Å². The molecule has 1 unspecified atom stereocenters. The van der Waals surface area contributed by atoms with Gasteiger partial charge in [-0.1, -0.05) is 18.2 Å². The Hall–Kier alpha value is -3.66. The fourth-order valence-electron chi connectivity index (χ4n) is 3.83. The van der Waals surface area contributed by atoms with Crippen molar-refractivity contribution in [3.8, 4) is 6.07 Å². The van der Waals surface area contributed by atoms with Crippen LogP contribution in [0, 0.1) is 11.3 Å². The molecule has 2 aromatic carbocycles. The molecule has 0 N–H and O–H groups in total. The molecule has 3 rings (SSSR count). The minimum Gasteiger partial charge on any atom is -0.466 e. The number of hydrogen-bond donors (Lipinski definition) is 0. The van der Waals surface area contributed by atoms with Crippen LogP contribution in [0.1, 0.15) is 47.3 Å². The van der Waals surface area contributed by atoms with Gasteiger partial charge in [-0.3, -0.25) is 14.4 Å². The van der Waals surface area contributed by atoms with Crippen molar-refractivity contribution in [1.29, 1.82) is 5.26 Å². The number of esters is 1. The van der Waals surface area contributed by atoms with Crippen LogP contribution in [-0.4, -0.2) is 48.9 Å². The molecule has 0 saturated heterocycles. The molecule has 2 aromatic rings. The highest BCUT2D eigenvalue weighted by molar-refractivity contribution is 6.09. The van der Waals surface area contributed by atoms with Crippen LogP contribution in [-0.2, 0) is 27.2 Å². The fraction of sp³-hybridized carbons (Fsp3) is 0.360. The van der Waals surface area contributed by atoms with E-state index >= 15 is 0 Å². The lowest BCUT2D eigenvalue weighted by Gasteiger charge is -2.26. The number of amides is 2. The topological polar surface area (TPSA) is 90.7 Å². The number of likely N-dealkylation sites (N-methyl/N-ethyl adjacent to an activating group) is 1. The van der Waals surface area contributed by atoms with E-state index in [1.54, 1.807) is 33.0 Å². The van der Waals surface area contributed by atoms with Gasteiger partial charge in [-0.2, -0.15) is 5.26 Å². The van der Waals surface area contributed by atoms with Gasteiger partial charge in [0.1, 0.15) is 6.54 Å². The fourth-order valence-corrected chi connectivity index (χ4v) is 3.83. The number of carbonyl (C=O) groups excluding carboxylic acids is 3. The predicted octanol–water partition coefficient (Wildman–Crippen LogP) is 3.10. The third kappa shape index (κ3) is 5.14. The molecule has 2 amide bonds. The van der Waals surface area contributed by atoms with E-state index < -0.39 is 12.0 Å². The van der Waals surface area contributed by atoms with Crippen LogP contribution < -0.4 is 4.90 Å². The van der Waals surface area contributed by atoms with Gasteiger partial charge in [-0.25, -0.2) is 0 Å². The van der Waals surface area contributed by atoms with E-state index in [1.807, 2.05) is 30.3 Å². The van der Waals surface area contributed by atoms with Gasteiger partial charge in [0.15, 0.2) is 0 Å². The number of hydrogen-bond acceptors (Lipinski definition) is 5. The molecule has 7 heteroatoms. The molecule has 0 bridgehead atoms. The summed E-state index contributed by atoms with van der Waals surface area (Å²) in [6.45, 7) is 3.65. The summed E-state index contributed by atoms with van der Waals surface area (Å²) in [4.78, 5) is 40.9. The highest BCUT2D eigenvalue weighted by atomic mass is 16.5. The predicted molar refractivity (Wildman–Crippen MR) is 120 cm³/mol. The molecular formula is C25H27N3O4. The Labute approximate surface area is 188 Å². The number of anilines is 1. The first kappa shape index (κ1) is 23.0. The number of fused-ring (bicyclic) bond motifs is 1. The first-order valence-corrected chi connectivity index (χ1v) is 10.7. The quantitative estimate of drug-likeness (QED) is 0.626. The Morgan fingerprint density at radius 2 is 1.88 bits per heavy atom. The highest BCUT2D eigenvalue weighted by Gasteiger charge is 2.33. The van der Waals surface area contributed by atoms with Crippen LogP contribution in [0.4, 0.5) is 5.69 Å². The number of aryl methyl sites for hydroxylation is 2. The zero-order valence-electron chi connectivity index (χ0n) is 18.6.